The highest BCUT2D eigenvalue weighted by Crippen LogP contribution is 2.36. The summed E-state index contributed by atoms with van der Waals surface area (Å²) in [6, 6.07) is 8.55. The molecule has 1 fully saturated rings. The van der Waals surface area contributed by atoms with E-state index in [0.29, 0.717) is 29.4 Å². The first-order valence-electron chi connectivity index (χ1n) is 11.6. The average molecular weight is 456 g/mol. The highest BCUT2D eigenvalue weighted by atomic mass is 16.5. The second-order valence-corrected chi connectivity index (χ2v) is 8.62. The normalized spacial score (nSPS) is 18.1. The average Bonchev–Trinajstić information content (AvgIpc) is 3.25. The molecule has 7 nitrogen and oxygen atoms in total. The number of carbonyl (C=O) groups is 3. The van der Waals surface area contributed by atoms with E-state index in [1.165, 1.54) is 11.8 Å². The maximum Gasteiger partial charge on any atom is 0.343 e. The van der Waals surface area contributed by atoms with E-state index >= 15 is 0 Å². The second kappa shape index (κ2) is 11.3. The molecule has 1 heterocycles. The van der Waals surface area contributed by atoms with Gasteiger partial charge in [0, 0.05) is 30.2 Å². The maximum absolute atomic E-state index is 13.5. The number of Topliss-reactive ketones (excluding diaryl/α,β-unsaturated/α-hetero) is 1. The number of ketones is 1. The summed E-state index contributed by atoms with van der Waals surface area (Å²) in [5.74, 6) is 0.469. The van der Waals surface area contributed by atoms with Crippen LogP contribution in [0.2, 0.25) is 0 Å². The first-order valence-corrected chi connectivity index (χ1v) is 11.6. The van der Waals surface area contributed by atoms with Crippen LogP contribution in [0.4, 0.5) is 5.88 Å². The molecule has 0 radical (unpaired) electrons. The fraction of sp³-hybridized carbons (Fsp3) is 0.500. The van der Waals surface area contributed by atoms with E-state index in [2.05, 4.69) is 6.92 Å². The number of anilines is 1. The summed E-state index contributed by atoms with van der Waals surface area (Å²) in [5.41, 5.74) is 1.48. The van der Waals surface area contributed by atoms with E-state index < -0.39 is 5.97 Å². The molecule has 0 bridgehead atoms. The summed E-state index contributed by atoms with van der Waals surface area (Å²) < 4.78 is 16.6. The third kappa shape index (κ3) is 5.90. The van der Waals surface area contributed by atoms with Crippen molar-refractivity contribution in [3.05, 3.63) is 41.5 Å². The van der Waals surface area contributed by atoms with Gasteiger partial charge in [-0.3, -0.25) is 14.5 Å². The number of amides is 1. The predicted octanol–water partition coefficient (Wildman–Crippen LogP) is 5.13. The van der Waals surface area contributed by atoms with Crippen molar-refractivity contribution in [3.8, 4) is 11.3 Å². The van der Waals surface area contributed by atoms with Gasteiger partial charge in [0.1, 0.15) is 11.3 Å². The van der Waals surface area contributed by atoms with Crippen LogP contribution in [0, 0.1) is 11.8 Å². The van der Waals surface area contributed by atoms with Crippen molar-refractivity contribution in [3.63, 3.8) is 0 Å². The summed E-state index contributed by atoms with van der Waals surface area (Å²) in [6.45, 7) is 6.22. The van der Waals surface area contributed by atoms with Crippen LogP contribution in [0.5, 0.6) is 0 Å². The molecule has 3 rings (SSSR count). The molecule has 0 N–H and O–H groups in total. The third-order valence-electron chi connectivity index (χ3n) is 6.18. The molecular weight excluding hydrogens is 422 g/mol. The van der Waals surface area contributed by atoms with Gasteiger partial charge in [-0.1, -0.05) is 31.2 Å². The van der Waals surface area contributed by atoms with Crippen molar-refractivity contribution in [2.45, 2.75) is 46.5 Å². The number of hydrogen-bond acceptors (Lipinski definition) is 6. The zero-order valence-electron chi connectivity index (χ0n) is 19.9. The van der Waals surface area contributed by atoms with Gasteiger partial charge in [-0.15, -0.1) is 0 Å². The maximum atomic E-state index is 13.5. The topological polar surface area (TPSA) is 86.1 Å². The molecule has 0 unspecified atom stereocenters. The minimum atomic E-state index is -0.546. The Morgan fingerprint density at radius 3 is 2.33 bits per heavy atom. The van der Waals surface area contributed by atoms with Crippen molar-refractivity contribution >= 4 is 23.5 Å². The summed E-state index contributed by atoms with van der Waals surface area (Å²) in [6.07, 6.45) is 3.65. The molecule has 1 aromatic heterocycles. The SMILES string of the molecule is CCOC(=O)c1cc(-c2ccc(C(C)=O)cc2)oc1N(CCOC)C(=O)[C@H]1CC[C@H](C)CC1. The van der Waals surface area contributed by atoms with Crippen molar-refractivity contribution in [2.24, 2.45) is 11.8 Å². The third-order valence-corrected chi connectivity index (χ3v) is 6.18. The molecule has 0 atom stereocenters. The van der Waals surface area contributed by atoms with Crippen LogP contribution < -0.4 is 4.90 Å². The summed E-state index contributed by atoms with van der Waals surface area (Å²) in [7, 11) is 1.57. The first-order chi connectivity index (χ1) is 15.8. The number of carbonyl (C=O) groups excluding carboxylic acids is 3. The molecule has 1 aliphatic carbocycles. The lowest BCUT2D eigenvalue weighted by Gasteiger charge is -2.30. The monoisotopic (exact) mass is 455 g/mol. The second-order valence-electron chi connectivity index (χ2n) is 8.62. The van der Waals surface area contributed by atoms with Gasteiger partial charge in [-0.05, 0) is 45.4 Å². The van der Waals surface area contributed by atoms with Gasteiger partial charge in [-0.2, -0.15) is 0 Å². The Morgan fingerprint density at radius 2 is 1.76 bits per heavy atom. The molecule has 33 heavy (non-hydrogen) atoms. The number of ether oxygens (including phenoxy) is 2. The zero-order valence-corrected chi connectivity index (χ0v) is 19.9. The van der Waals surface area contributed by atoms with Gasteiger partial charge in [0.2, 0.25) is 11.8 Å². The van der Waals surface area contributed by atoms with Gasteiger partial charge >= 0.3 is 5.97 Å². The molecule has 1 amide bonds. The number of rotatable bonds is 9. The quantitative estimate of drug-likeness (QED) is 0.385. The molecule has 2 aromatic rings. The van der Waals surface area contributed by atoms with Gasteiger partial charge in [0.15, 0.2) is 5.78 Å². The van der Waals surface area contributed by atoms with E-state index in [9.17, 15) is 14.4 Å². The molecule has 1 aromatic carbocycles. The Kier molecular flexibility index (Phi) is 8.44. The fourth-order valence-corrected chi connectivity index (χ4v) is 4.17. The largest absolute Gasteiger partial charge is 0.462 e. The van der Waals surface area contributed by atoms with Crippen molar-refractivity contribution < 1.29 is 28.3 Å². The minimum Gasteiger partial charge on any atom is -0.462 e. The molecule has 178 valence electrons. The molecule has 0 aliphatic heterocycles. The van der Waals surface area contributed by atoms with Crippen LogP contribution in [0.15, 0.2) is 34.7 Å². The smallest absolute Gasteiger partial charge is 0.343 e. The lowest BCUT2D eigenvalue weighted by Crippen LogP contribution is -2.40. The minimum absolute atomic E-state index is 0.0352. The van der Waals surface area contributed by atoms with E-state index in [1.807, 2.05) is 0 Å². The summed E-state index contributed by atoms with van der Waals surface area (Å²) in [5, 5.41) is 0. The molecule has 0 spiro atoms. The molecule has 0 saturated heterocycles. The molecule has 1 saturated carbocycles. The van der Waals surface area contributed by atoms with Gasteiger partial charge < -0.3 is 13.9 Å². The lowest BCUT2D eigenvalue weighted by molar-refractivity contribution is -0.123. The van der Waals surface area contributed by atoms with Crippen molar-refractivity contribution in [1.82, 2.24) is 0 Å². The van der Waals surface area contributed by atoms with Crippen LogP contribution in [-0.4, -0.2) is 44.5 Å². The number of nitrogens with zero attached hydrogens (tertiary/aromatic N) is 1. The van der Waals surface area contributed by atoms with Crippen LogP contribution in [0.25, 0.3) is 11.3 Å². The van der Waals surface area contributed by atoms with Crippen LogP contribution >= 0.6 is 0 Å². The highest BCUT2D eigenvalue weighted by Gasteiger charge is 2.33. The number of benzene rings is 1. The number of furan rings is 1. The summed E-state index contributed by atoms with van der Waals surface area (Å²) >= 11 is 0. The first kappa shape index (κ1) is 24.7. The van der Waals surface area contributed by atoms with Gasteiger partial charge in [0.05, 0.1) is 19.8 Å². The predicted molar refractivity (Wildman–Crippen MR) is 125 cm³/mol. The van der Waals surface area contributed by atoms with Gasteiger partial charge in [-0.25, -0.2) is 4.79 Å². The van der Waals surface area contributed by atoms with Crippen LogP contribution in [0.3, 0.4) is 0 Å². The van der Waals surface area contributed by atoms with Crippen molar-refractivity contribution in [1.29, 1.82) is 0 Å². The van der Waals surface area contributed by atoms with Crippen LogP contribution in [0.1, 0.15) is 67.2 Å². The molecule has 7 heteroatoms. The van der Waals surface area contributed by atoms with E-state index in [0.717, 1.165) is 25.7 Å². The van der Waals surface area contributed by atoms with Crippen LogP contribution in [-0.2, 0) is 14.3 Å². The van der Waals surface area contributed by atoms with Gasteiger partial charge in [0.25, 0.3) is 0 Å². The Hall–Kier alpha value is -2.93. The fourth-order valence-electron chi connectivity index (χ4n) is 4.17. The van der Waals surface area contributed by atoms with E-state index in [1.54, 1.807) is 44.4 Å². The zero-order chi connectivity index (χ0) is 24.0. The standard InChI is InChI=1S/C26H33NO6/c1-5-32-26(30)22-16-23(20-12-10-19(11-13-20)18(3)28)33-25(22)27(14-15-31-4)24(29)21-8-6-17(2)7-9-21/h10-13,16-17,21H,5-9,14-15H2,1-4H3/t17-,21-. The number of esters is 1. The number of methoxy groups -OCH3 is 1. The Labute approximate surface area is 195 Å². The Balaban J connectivity index is 2.00. The molecular formula is C26H33NO6. The molecule has 1 aliphatic rings. The van der Waals surface area contributed by atoms with Crippen molar-refractivity contribution in [2.75, 3.05) is 31.8 Å². The van der Waals surface area contributed by atoms with E-state index in [4.69, 9.17) is 13.9 Å². The Morgan fingerprint density at radius 1 is 1.09 bits per heavy atom. The Bertz CT molecular complexity index is 969. The lowest BCUT2D eigenvalue weighted by atomic mass is 9.82. The summed E-state index contributed by atoms with van der Waals surface area (Å²) in [4.78, 5) is 39.4. The van der Waals surface area contributed by atoms with E-state index in [-0.39, 0.29) is 42.2 Å². The number of hydrogen-bond donors (Lipinski definition) is 0. The highest BCUT2D eigenvalue weighted by molar-refractivity contribution is 6.03.